The molecule has 1 aliphatic heterocycles. The van der Waals surface area contributed by atoms with Crippen LogP contribution in [0.2, 0.25) is 0 Å². The van der Waals surface area contributed by atoms with Crippen LogP contribution >= 0.6 is 0 Å². The van der Waals surface area contributed by atoms with Gasteiger partial charge in [0.15, 0.2) is 6.17 Å². The maximum atomic E-state index is 15.3. The van der Waals surface area contributed by atoms with Crippen molar-refractivity contribution in [2.75, 3.05) is 18.4 Å². The van der Waals surface area contributed by atoms with Gasteiger partial charge in [-0.25, -0.2) is 31.5 Å². The monoisotopic (exact) mass is 621 g/mol. The summed E-state index contributed by atoms with van der Waals surface area (Å²) >= 11 is 0. The first-order valence-electron chi connectivity index (χ1n) is 14.4. The molecule has 1 aromatic heterocycles. The Balaban J connectivity index is 1.32. The Kier molecular flexibility index (Phi) is 8.80. The normalized spacial score (nSPS) is 17.8. The summed E-state index contributed by atoms with van der Waals surface area (Å²) < 4.78 is 71.0. The van der Waals surface area contributed by atoms with E-state index in [1.807, 2.05) is 0 Å². The number of amides is 3. The number of anilines is 1. The summed E-state index contributed by atoms with van der Waals surface area (Å²) in [5.41, 5.74) is -2.28. The second-order valence-electron chi connectivity index (χ2n) is 11.6. The third kappa shape index (κ3) is 6.34. The van der Waals surface area contributed by atoms with Crippen LogP contribution in [0.5, 0.6) is 0 Å². The Hall–Kier alpha value is -4.23. The molecule has 2 N–H and O–H groups in total. The topological polar surface area (TPSA) is 105 Å². The quantitative estimate of drug-likeness (QED) is 0.340. The lowest BCUT2D eigenvalue weighted by Crippen LogP contribution is -2.50. The average Bonchev–Trinajstić information content (AvgIpc) is 3.80. The van der Waals surface area contributed by atoms with Crippen molar-refractivity contribution < 1.29 is 31.5 Å². The minimum absolute atomic E-state index is 0.00843. The molecule has 0 radical (unpaired) electrons. The molecule has 0 bridgehead atoms. The lowest BCUT2D eigenvalue weighted by Gasteiger charge is -2.33. The molecule has 2 heterocycles. The SMILES string of the molecule is CC(C)n1c(=O)n(CC2CC2)c(=O)c2cc(NC(=O)N3CCC[C@@H](NC(=O)c4ccc(C(F)C(F)F)cc4F)C3)c(F)cc21. The number of hydrogen-bond acceptors (Lipinski definition) is 4. The number of hydrogen-bond donors (Lipinski definition) is 2. The Morgan fingerprint density at radius 3 is 2.36 bits per heavy atom. The highest BCUT2D eigenvalue weighted by Gasteiger charge is 2.29. The van der Waals surface area contributed by atoms with Gasteiger partial charge in [-0.3, -0.25) is 18.7 Å². The lowest BCUT2D eigenvalue weighted by molar-refractivity contribution is 0.0494. The van der Waals surface area contributed by atoms with Gasteiger partial charge in [0, 0.05) is 37.8 Å². The Bertz CT molecular complexity index is 1720. The van der Waals surface area contributed by atoms with Gasteiger partial charge in [0.1, 0.15) is 11.6 Å². The molecule has 9 nitrogen and oxygen atoms in total. The van der Waals surface area contributed by atoms with Crippen molar-refractivity contribution in [2.45, 2.75) is 70.8 Å². The van der Waals surface area contributed by atoms with Crippen molar-refractivity contribution in [2.24, 2.45) is 5.92 Å². The summed E-state index contributed by atoms with van der Waals surface area (Å²) in [5, 5.41) is 5.16. The van der Waals surface area contributed by atoms with Gasteiger partial charge >= 0.3 is 11.7 Å². The van der Waals surface area contributed by atoms with Gasteiger partial charge in [-0.15, -0.1) is 0 Å². The molecule has 2 fully saturated rings. The van der Waals surface area contributed by atoms with Crippen LogP contribution in [-0.4, -0.2) is 51.5 Å². The highest BCUT2D eigenvalue weighted by atomic mass is 19.3. The number of carbonyl (C=O) groups excluding carboxylic acids is 2. The fourth-order valence-corrected chi connectivity index (χ4v) is 5.48. The van der Waals surface area contributed by atoms with E-state index in [0.717, 1.165) is 35.6 Å². The van der Waals surface area contributed by atoms with Gasteiger partial charge in [-0.05, 0) is 69.2 Å². The number of carbonyl (C=O) groups is 2. The highest BCUT2D eigenvalue weighted by Crippen LogP contribution is 2.30. The van der Waals surface area contributed by atoms with Gasteiger partial charge in [0.25, 0.3) is 17.9 Å². The van der Waals surface area contributed by atoms with E-state index in [0.29, 0.717) is 18.9 Å². The number of nitrogens with zero attached hydrogens (tertiary/aromatic N) is 3. The summed E-state index contributed by atoms with van der Waals surface area (Å²) in [6.45, 7) is 4.03. The fraction of sp³-hybridized carbons (Fsp3) is 0.467. The number of halogens is 5. The van der Waals surface area contributed by atoms with Crippen LogP contribution in [0.25, 0.3) is 10.9 Å². The summed E-state index contributed by atoms with van der Waals surface area (Å²) in [5.74, 6) is -2.65. The molecule has 1 saturated heterocycles. The third-order valence-electron chi connectivity index (χ3n) is 7.97. The fourth-order valence-electron chi connectivity index (χ4n) is 5.48. The summed E-state index contributed by atoms with van der Waals surface area (Å²) in [4.78, 5) is 53.6. The summed E-state index contributed by atoms with van der Waals surface area (Å²) in [6.07, 6.45) is -3.33. The first kappa shape index (κ1) is 31.2. The van der Waals surface area contributed by atoms with Crippen molar-refractivity contribution in [1.29, 1.82) is 0 Å². The molecule has 1 aliphatic carbocycles. The molecule has 3 amide bonds. The Morgan fingerprint density at radius 2 is 1.73 bits per heavy atom. The summed E-state index contributed by atoms with van der Waals surface area (Å²) in [7, 11) is 0. The van der Waals surface area contributed by atoms with Crippen molar-refractivity contribution in [1.82, 2.24) is 19.4 Å². The first-order chi connectivity index (χ1) is 20.8. The van der Waals surface area contributed by atoms with E-state index in [9.17, 15) is 36.7 Å². The third-order valence-corrected chi connectivity index (χ3v) is 7.97. The number of alkyl halides is 3. The number of likely N-dealkylation sites (tertiary alicyclic amines) is 1. The second-order valence-corrected chi connectivity index (χ2v) is 11.6. The molecule has 236 valence electrons. The van der Waals surface area contributed by atoms with E-state index < -0.39 is 64.6 Å². The van der Waals surface area contributed by atoms with Crippen LogP contribution in [0.4, 0.5) is 32.4 Å². The van der Waals surface area contributed by atoms with Gasteiger partial charge in [0.05, 0.1) is 22.2 Å². The molecule has 5 rings (SSSR count). The van der Waals surface area contributed by atoms with Crippen LogP contribution in [0.15, 0.2) is 39.9 Å². The Morgan fingerprint density at radius 1 is 1.00 bits per heavy atom. The van der Waals surface area contributed by atoms with Crippen LogP contribution in [0, 0.1) is 17.6 Å². The molecular weight excluding hydrogens is 589 g/mol. The van der Waals surface area contributed by atoms with Gasteiger partial charge in [-0.1, -0.05) is 6.07 Å². The standard InChI is InChI=1S/C30H32F5N5O4/c1-15(2)40-24-12-22(32)23(11-20(24)28(42)39(30(40)44)13-16-5-6-16)37-29(43)38-9-3-4-18(14-38)36-27(41)19-8-7-17(10-21(19)31)25(33)26(34)35/h7-8,10-12,15-16,18,25-26H,3-6,9,13-14H2,1-2H3,(H,36,41)(H,37,43)/t18-,25?/m1/s1. The molecular formula is C30H32F5N5O4. The number of nitrogens with one attached hydrogen (secondary N) is 2. The van der Waals surface area contributed by atoms with E-state index in [1.165, 1.54) is 15.5 Å². The van der Waals surface area contributed by atoms with Gasteiger partial charge in [-0.2, -0.15) is 0 Å². The van der Waals surface area contributed by atoms with Crippen LogP contribution in [0.3, 0.4) is 0 Å². The van der Waals surface area contributed by atoms with Crippen molar-refractivity contribution in [3.63, 3.8) is 0 Å². The summed E-state index contributed by atoms with van der Waals surface area (Å²) in [6, 6.07) is 2.98. The maximum Gasteiger partial charge on any atom is 0.331 e. The zero-order valence-corrected chi connectivity index (χ0v) is 24.1. The molecule has 1 saturated carbocycles. The zero-order chi connectivity index (χ0) is 31.9. The smallest absolute Gasteiger partial charge is 0.331 e. The van der Waals surface area contributed by atoms with Crippen molar-refractivity contribution >= 4 is 28.5 Å². The zero-order valence-electron chi connectivity index (χ0n) is 24.1. The average molecular weight is 622 g/mol. The molecule has 0 spiro atoms. The minimum atomic E-state index is -3.34. The Labute approximate surface area is 248 Å². The lowest BCUT2D eigenvalue weighted by atomic mass is 10.0. The number of piperidine rings is 1. The van der Waals surface area contributed by atoms with Gasteiger partial charge < -0.3 is 15.5 Å². The van der Waals surface area contributed by atoms with Crippen molar-refractivity contribution in [3.05, 3.63) is 73.9 Å². The molecule has 2 atom stereocenters. The molecule has 2 aromatic carbocycles. The number of fused-ring (bicyclic) bond motifs is 1. The number of rotatable bonds is 8. The largest absolute Gasteiger partial charge is 0.347 e. The van der Waals surface area contributed by atoms with Crippen LogP contribution in [-0.2, 0) is 6.54 Å². The minimum Gasteiger partial charge on any atom is -0.347 e. The molecule has 1 unspecified atom stereocenters. The van der Waals surface area contributed by atoms with Crippen LogP contribution < -0.4 is 21.9 Å². The molecule has 2 aliphatic rings. The predicted molar refractivity (Wildman–Crippen MR) is 153 cm³/mol. The van der Waals surface area contributed by atoms with E-state index in [4.69, 9.17) is 0 Å². The molecule has 44 heavy (non-hydrogen) atoms. The first-order valence-corrected chi connectivity index (χ1v) is 14.4. The van der Waals surface area contributed by atoms with E-state index >= 15 is 4.39 Å². The van der Waals surface area contributed by atoms with Crippen LogP contribution in [0.1, 0.15) is 67.7 Å². The second kappa shape index (κ2) is 12.4. The van der Waals surface area contributed by atoms with E-state index in [2.05, 4.69) is 10.6 Å². The van der Waals surface area contributed by atoms with Crippen molar-refractivity contribution in [3.8, 4) is 0 Å². The maximum absolute atomic E-state index is 15.3. The number of aromatic nitrogens is 2. The van der Waals surface area contributed by atoms with Gasteiger partial charge in [0.2, 0.25) is 0 Å². The number of benzene rings is 2. The molecule has 3 aromatic rings. The highest BCUT2D eigenvalue weighted by molar-refractivity contribution is 5.95. The molecule has 14 heteroatoms. The number of urea groups is 1. The predicted octanol–water partition coefficient (Wildman–Crippen LogP) is 5.13. The van der Waals surface area contributed by atoms with E-state index in [1.54, 1.807) is 13.8 Å². The van der Waals surface area contributed by atoms with E-state index in [-0.39, 0.29) is 48.2 Å².